The maximum atomic E-state index is 11.5. The molecule has 3 amide bonds. The first-order valence-electron chi connectivity index (χ1n) is 5.48. The van der Waals surface area contributed by atoms with Crippen molar-refractivity contribution in [3.8, 4) is 5.75 Å². The zero-order valence-electron chi connectivity index (χ0n) is 10.4. The number of carbonyl (C=O) groups excluding carboxylic acids is 3. The largest absolute Gasteiger partial charge is 0.494 e. The molecule has 0 unspecified atom stereocenters. The molecule has 1 aromatic rings. The van der Waals surface area contributed by atoms with Crippen molar-refractivity contribution in [2.45, 2.75) is 13.3 Å². The molecule has 1 aliphatic rings. The molecule has 0 saturated heterocycles. The van der Waals surface area contributed by atoms with Crippen molar-refractivity contribution in [3.05, 3.63) is 22.8 Å². The van der Waals surface area contributed by atoms with Gasteiger partial charge in [-0.3, -0.25) is 9.59 Å². The Kier molecular flexibility index (Phi) is 3.37. The van der Waals surface area contributed by atoms with E-state index >= 15 is 0 Å². The van der Waals surface area contributed by atoms with Crippen LogP contribution in [0.3, 0.4) is 0 Å². The highest BCUT2D eigenvalue weighted by Gasteiger charge is 2.13. The number of rotatable bonds is 4. The van der Waals surface area contributed by atoms with Gasteiger partial charge < -0.3 is 10.1 Å². The van der Waals surface area contributed by atoms with Gasteiger partial charge in [0.2, 0.25) is 5.91 Å². The second-order valence-electron chi connectivity index (χ2n) is 3.97. The third-order valence-corrected chi connectivity index (χ3v) is 2.41. The van der Waals surface area contributed by atoms with Crippen molar-refractivity contribution in [1.82, 2.24) is 0 Å². The fraction of sp³-hybridized carbons (Fsp3) is 0.250. The topological polar surface area (TPSA) is 97.2 Å². The molecule has 1 N–H and O–H groups in total. The Hall–Kier alpha value is -2.57. The van der Waals surface area contributed by atoms with Crippen LogP contribution in [0.25, 0.3) is 0 Å². The monoisotopic (exact) mass is 261 g/mol. The van der Waals surface area contributed by atoms with E-state index in [-0.39, 0.29) is 12.2 Å². The van der Waals surface area contributed by atoms with Crippen LogP contribution in [0.2, 0.25) is 0 Å². The van der Waals surface area contributed by atoms with Crippen molar-refractivity contribution >= 4 is 23.4 Å². The first-order valence-corrected chi connectivity index (χ1v) is 5.48. The quantitative estimate of drug-likeness (QED) is 0.770. The van der Waals surface area contributed by atoms with Crippen LogP contribution in [0.5, 0.6) is 5.75 Å². The zero-order valence-corrected chi connectivity index (χ0v) is 10.4. The maximum absolute atomic E-state index is 11.5. The minimum atomic E-state index is -0.593. The summed E-state index contributed by atoms with van der Waals surface area (Å²) in [4.78, 5) is 40.8. The third-order valence-electron chi connectivity index (χ3n) is 2.41. The highest BCUT2D eigenvalue weighted by molar-refractivity contribution is 6.04. The molecule has 1 heterocycles. The van der Waals surface area contributed by atoms with E-state index < -0.39 is 11.9 Å². The van der Waals surface area contributed by atoms with Crippen molar-refractivity contribution in [3.63, 3.8) is 0 Å². The average molecular weight is 261 g/mol. The van der Waals surface area contributed by atoms with Crippen LogP contribution >= 0.6 is 0 Å². The Bertz CT molecular complexity index is 694. The molecule has 19 heavy (non-hydrogen) atoms. The van der Waals surface area contributed by atoms with Gasteiger partial charge in [-0.25, -0.2) is 4.79 Å². The summed E-state index contributed by atoms with van der Waals surface area (Å²) >= 11 is 0. The van der Waals surface area contributed by atoms with Gasteiger partial charge in [0.05, 0.1) is 29.9 Å². The lowest BCUT2D eigenvalue weighted by atomic mass is 10.2. The van der Waals surface area contributed by atoms with Crippen LogP contribution < -0.4 is 20.8 Å². The number of Topliss-reactive ketones (excluding diaryl/α,β-unsaturated/α-hetero) is 1. The molecular formula is C12H11N3O4. The molecule has 0 aliphatic carbocycles. The third kappa shape index (κ3) is 2.82. The molecule has 1 aliphatic heterocycles. The molecule has 7 heteroatoms. The number of urea groups is 1. The molecule has 0 bridgehead atoms. The van der Waals surface area contributed by atoms with E-state index in [9.17, 15) is 14.4 Å². The van der Waals surface area contributed by atoms with Gasteiger partial charge in [-0.1, -0.05) is 0 Å². The number of ketones is 1. The summed E-state index contributed by atoms with van der Waals surface area (Å²) in [6, 6.07) is 2.40. The molecule has 98 valence electrons. The van der Waals surface area contributed by atoms with E-state index in [0.717, 1.165) is 0 Å². The van der Waals surface area contributed by atoms with E-state index in [1.807, 2.05) is 0 Å². The number of anilines is 1. The first kappa shape index (κ1) is 12.9. The van der Waals surface area contributed by atoms with E-state index in [4.69, 9.17) is 4.74 Å². The molecule has 0 spiro atoms. The highest BCUT2D eigenvalue weighted by atomic mass is 16.5. The lowest BCUT2D eigenvalue weighted by Crippen LogP contribution is -2.24. The van der Waals surface area contributed by atoms with Gasteiger partial charge in [-0.2, -0.15) is 9.98 Å². The highest BCUT2D eigenvalue weighted by Crippen LogP contribution is 2.20. The SMILES string of the molecule is COc1cc2c(cc1NC(=O)CC(C)=O)=NC(=O)N=2. The van der Waals surface area contributed by atoms with Gasteiger partial charge in [0.1, 0.15) is 11.5 Å². The number of amides is 3. The Labute approximate surface area is 108 Å². The fourth-order valence-corrected chi connectivity index (χ4v) is 1.65. The second-order valence-corrected chi connectivity index (χ2v) is 3.97. The molecule has 0 saturated carbocycles. The van der Waals surface area contributed by atoms with Gasteiger partial charge in [0.15, 0.2) is 0 Å². The number of benzene rings is 1. The van der Waals surface area contributed by atoms with Crippen LogP contribution in [0, 0.1) is 0 Å². The predicted octanol–water partition coefficient (Wildman–Crippen LogP) is -0.0144. The number of ether oxygens (including phenoxy) is 1. The number of carbonyl (C=O) groups is 3. The van der Waals surface area contributed by atoms with Crippen LogP contribution in [0.4, 0.5) is 10.5 Å². The smallest absolute Gasteiger partial charge is 0.368 e. The van der Waals surface area contributed by atoms with Crippen LogP contribution in [-0.4, -0.2) is 24.8 Å². The van der Waals surface area contributed by atoms with E-state index in [0.29, 0.717) is 22.2 Å². The van der Waals surface area contributed by atoms with Crippen molar-refractivity contribution < 1.29 is 19.1 Å². The lowest BCUT2D eigenvalue weighted by Gasteiger charge is -2.08. The predicted molar refractivity (Wildman–Crippen MR) is 64.6 cm³/mol. The van der Waals surface area contributed by atoms with Crippen molar-refractivity contribution in [2.24, 2.45) is 9.98 Å². The minimum absolute atomic E-state index is 0.222. The number of hydrogen-bond acceptors (Lipinski definition) is 4. The first-order chi connectivity index (χ1) is 8.99. The summed E-state index contributed by atoms with van der Waals surface area (Å²) in [5.41, 5.74) is 0.348. The van der Waals surface area contributed by atoms with Gasteiger partial charge in [0.25, 0.3) is 0 Å². The van der Waals surface area contributed by atoms with Crippen LogP contribution in [-0.2, 0) is 9.59 Å². The summed E-state index contributed by atoms with van der Waals surface area (Å²) in [6.45, 7) is 1.33. The summed E-state index contributed by atoms with van der Waals surface area (Å²) < 4.78 is 5.10. The molecular weight excluding hydrogens is 250 g/mol. The molecule has 2 rings (SSSR count). The Morgan fingerprint density at radius 2 is 1.89 bits per heavy atom. The molecule has 1 aromatic carbocycles. The number of methoxy groups -OCH3 is 1. The average Bonchev–Trinajstić information content (AvgIpc) is 2.65. The summed E-state index contributed by atoms with van der Waals surface area (Å²) in [5.74, 6) is -0.344. The zero-order chi connectivity index (χ0) is 14.0. The molecule has 0 radical (unpaired) electrons. The van der Waals surface area contributed by atoms with Gasteiger partial charge in [-0.05, 0) is 13.0 Å². The number of nitrogens with one attached hydrogen (secondary N) is 1. The van der Waals surface area contributed by atoms with Gasteiger partial charge >= 0.3 is 6.03 Å². The lowest BCUT2D eigenvalue weighted by molar-refractivity contribution is -0.124. The summed E-state index contributed by atoms with van der Waals surface area (Å²) in [5, 5.41) is 3.30. The molecule has 0 atom stereocenters. The summed E-state index contributed by atoms with van der Waals surface area (Å²) in [7, 11) is 1.43. The van der Waals surface area contributed by atoms with Crippen LogP contribution in [0.1, 0.15) is 13.3 Å². The standard InChI is InChI=1S/C12H11N3O4/c1-6(16)3-11(17)13-9-4-7-8(5-10(9)19-2)15-12(18)14-7/h4-5H,3H2,1-2H3,(H,13,17). The fourth-order valence-electron chi connectivity index (χ4n) is 1.65. The molecule has 0 fully saturated rings. The van der Waals surface area contributed by atoms with E-state index in [1.165, 1.54) is 26.2 Å². The van der Waals surface area contributed by atoms with Gasteiger partial charge in [-0.15, -0.1) is 0 Å². The van der Waals surface area contributed by atoms with Crippen molar-refractivity contribution in [1.29, 1.82) is 0 Å². The minimum Gasteiger partial charge on any atom is -0.494 e. The normalized spacial score (nSPS) is 12.2. The second kappa shape index (κ2) is 4.97. The van der Waals surface area contributed by atoms with Crippen molar-refractivity contribution in [2.75, 3.05) is 12.4 Å². The van der Waals surface area contributed by atoms with Crippen LogP contribution in [0.15, 0.2) is 22.1 Å². The number of nitrogens with zero attached hydrogens (tertiary/aromatic N) is 2. The number of hydrogen-bond donors (Lipinski definition) is 1. The van der Waals surface area contributed by atoms with E-state index in [2.05, 4.69) is 15.3 Å². The number of fused-ring (bicyclic) bond motifs is 1. The summed E-state index contributed by atoms with van der Waals surface area (Å²) in [6.07, 6.45) is -0.222. The maximum Gasteiger partial charge on any atom is 0.368 e. The molecule has 0 aromatic heterocycles. The van der Waals surface area contributed by atoms with Gasteiger partial charge in [0, 0.05) is 6.07 Å². The molecule has 7 nitrogen and oxygen atoms in total. The Balaban J connectivity index is 2.37. The Morgan fingerprint density at radius 1 is 1.26 bits per heavy atom. The Morgan fingerprint density at radius 3 is 2.47 bits per heavy atom. The van der Waals surface area contributed by atoms with E-state index in [1.54, 1.807) is 0 Å².